The maximum atomic E-state index is 6.07. The third-order valence-electron chi connectivity index (χ3n) is 3.08. The highest BCUT2D eigenvalue weighted by atomic mass is 15.1. The number of aromatic nitrogens is 3. The van der Waals surface area contributed by atoms with Gasteiger partial charge in [0.05, 0.1) is 17.7 Å². The second-order valence-electron chi connectivity index (χ2n) is 4.20. The van der Waals surface area contributed by atoms with Crippen LogP contribution in [0.4, 0.5) is 0 Å². The second kappa shape index (κ2) is 3.72. The van der Waals surface area contributed by atoms with Crippen LogP contribution in [0, 0.1) is 0 Å². The molecule has 0 saturated carbocycles. The van der Waals surface area contributed by atoms with Crippen LogP contribution in [0.25, 0.3) is 0 Å². The molecular formula is C12H14N4. The lowest BCUT2D eigenvalue weighted by Crippen LogP contribution is -2.08. The molecule has 2 N–H and O–H groups in total. The molecule has 1 aliphatic rings. The molecule has 1 aliphatic heterocycles. The largest absolute Gasteiger partial charge is 0.333 e. The summed E-state index contributed by atoms with van der Waals surface area (Å²) in [5, 5.41) is 0. The Bertz CT molecular complexity index is 489. The van der Waals surface area contributed by atoms with Crippen molar-refractivity contribution in [1.82, 2.24) is 14.5 Å². The molecule has 1 atom stereocenters. The minimum atomic E-state index is 0.147. The van der Waals surface area contributed by atoms with Gasteiger partial charge in [-0.2, -0.15) is 0 Å². The fraction of sp³-hybridized carbons (Fsp3) is 0.333. The van der Waals surface area contributed by atoms with Gasteiger partial charge in [0.1, 0.15) is 0 Å². The maximum absolute atomic E-state index is 6.07. The summed E-state index contributed by atoms with van der Waals surface area (Å²) in [7, 11) is 0. The van der Waals surface area contributed by atoms with Gasteiger partial charge in [-0.1, -0.05) is 6.07 Å². The van der Waals surface area contributed by atoms with Crippen molar-refractivity contribution in [3.63, 3.8) is 0 Å². The number of nitrogens with zero attached hydrogens (tertiary/aromatic N) is 3. The van der Waals surface area contributed by atoms with Crippen LogP contribution in [0.2, 0.25) is 0 Å². The first kappa shape index (κ1) is 9.54. The highest BCUT2D eigenvalue weighted by Crippen LogP contribution is 2.27. The van der Waals surface area contributed by atoms with Gasteiger partial charge in [0.15, 0.2) is 0 Å². The smallest absolute Gasteiger partial charge is 0.0952 e. The van der Waals surface area contributed by atoms with Gasteiger partial charge in [0.2, 0.25) is 0 Å². The SMILES string of the molecule is NC1CCn2cnc(Cc3cccnc3)c21. The number of aryl methyl sites for hydroxylation is 1. The lowest BCUT2D eigenvalue weighted by Gasteiger charge is -2.05. The lowest BCUT2D eigenvalue weighted by atomic mass is 10.1. The first-order valence-corrected chi connectivity index (χ1v) is 5.53. The van der Waals surface area contributed by atoms with Crippen LogP contribution in [0.5, 0.6) is 0 Å². The Labute approximate surface area is 94.1 Å². The molecule has 3 rings (SSSR count). The van der Waals surface area contributed by atoms with Crippen LogP contribution in [0.15, 0.2) is 30.9 Å². The number of hydrogen-bond donors (Lipinski definition) is 1. The number of nitrogens with two attached hydrogens (primary N) is 1. The van der Waals surface area contributed by atoms with Crippen molar-refractivity contribution >= 4 is 0 Å². The summed E-state index contributed by atoms with van der Waals surface area (Å²) in [5.74, 6) is 0. The van der Waals surface area contributed by atoms with E-state index in [0.717, 1.165) is 25.1 Å². The van der Waals surface area contributed by atoms with Gasteiger partial charge in [-0.25, -0.2) is 4.98 Å². The Morgan fingerprint density at radius 2 is 2.44 bits per heavy atom. The van der Waals surface area contributed by atoms with Gasteiger partial charge in [-0.15, -0.1) is 0 Å². The molecule has 2 aromatic rings. The van der Waals surface area contributed by atoms with Crippen molar-refractivity contribution in [2.75, 3.05) is 0 Å². The van der Waals surface area contributed by atoms with E-state index in [2.05, 4.69) is 20.6 Å². The van der Waals surface area contributed by atoms with Crippen molar-refractivity contribution in [3.05, 3.63) is 47.8 Å². The first-order chi connectivity index (χ1) is 7.84. The third kappa shape index (κ3) is 1.51. The predicted octanol–water partition coefficient (Wildman–Crippen LogP) is 1.27. The third-order valence-corrected chi connectivity index (χ3v) is 3.08. The van der Waals surface area contributed by atoms with E-state index in [1.807, 2.05) is 18.6 Å². The number of rotatable bonds is 2. The van der Waals surface area contributed by atoms with E-state index in [1.165, 1.54) is 11.3 Å². The van der Waals surface area contributed by atoms with Gasteiger partial charge in [-0.05, 0) is 18.1 Å². The molecule has 1 unspecified atom stereocenters. The second-order valence-corrected chi connectivity index (χ2v) is 4.20. The van der Waals surface area contributed by atoms with E-state index in [0.29, 0.717) is 0 Å². The van der Waals surface area contributed by atoms with E-state index in [1.54, 1.807) is 6.20 Å². The Kier molecular flexibility index (Phi) is 2.22. The van der Waals surface area contributed by atoms with Crippen LogP contribution < -0.4 is 5.73 Å². The van der Waals surface area contributed by atoms with Crippen molar-refractivity contribution in [3.8, 4) is 0 Å². The molecule has 4 nitrogen and oxygen atoms in total. The van der Waals surface area contributed by atoms with Gasteiger partial charge < -0.3 is 10.3 Å². The minimum Gasteiger partial charge on any atom is -0.333 e. The summed E-state index contributed by atoms with van der Waals surface area (Å²) in [6, 6.07) is 4.17. The first-order valence-electron chi connectivity index (χ1n) is 5.53. The molecule has 16 heavy (non-hydrogen) atoms. The lowest BCUT2D eigenvalue weighted by molar-refractivity contribution is 0.675. The number of pyridine rings is 1. The van der Waals surface area contributed by atoms with E-state index in [-0.39, 0.29) is 6.04 Å². The summed E-state index contributed by atoms with van der Waals surface area (Å²) in [6.07, 6.45) is 7.41. The summed E-state index contributed by atoms with van der Waals surface area (Å²) in [6.45, 7) is 0.997. The van der Waals surface area contributed by atoms with Crippen molar-refractivity contribution < 1.29 is 0 Å². The average Bonchev–Trinajstić information content (AvgIpc) is 2.86. The number of imidazole rings is 1. The molecule has 0 aromatic carbocycles. The Morgan fingerprint density at radius 3 is 3.25 bits per heavy atom. The standard InChI is InChI=1S/C12H14N4/c13-10-3-5-16-8-15-11(12(10)16)6-9-2-1-4-14-7-9/h1-2,4,7-8,10H,3,5-6,13H2. The van der Waals surface area contributed by atoms with Crippen LogP contribution >= 0.6 is 0 Å². The quantitative estimate of drug-likeness (QED) is 0.819. The molecule has 0 fully saturated rings. The molecular weight excluding hydrogens is 200 g/mol. The van der Waals surface area contributed by atoms with Gasteiger partial charge in [-0.3, -0.25) is 4.98 Å². The zero-order valence-corrected chi connectivity index (χ0v) is 9.00. The average molecular weight is 214 g/mol. The number of hydrogen-bond acceptors (Lipinski definition) is 3. The molecule has 0 saturated heterocycles. The molecule has 2 aromatic heterocycles. The van der Waals surface area contributed by atoms with Crippen molar-refractivity contribution in [1.29, 1.82) is 0 Å². The van der Waals surface area contributed by atoms with Crippen molar-refractivity contribution in [2.45, 2.75) is 25.4 Å². The fourth-order valence-electron chi connectivity index (χ4n) is 2.29. The van der Waals surface area contributed by atoms with Gasteiger partial charge >= 0.3 is 0 Å². The molecule has 82 valence electrons. The van der Waals surface area contributed by atoms with E-state index >= 15 is 0 Å². The topological polar surface area (TPSA) is 56.7 Å². The molecule has 0 amide bonds. The van der Waals surface area contributed by atoms with Gasteiger partial charge in [0, 0.05) is 31.4 Å². The van der Waals surface area contributed by atoms with E-state index in [9.17, 15) is 0 Å². The molecule has 4 heteroatoms. The zero-order chi connectivity index (χ0) is 11.0. The zero-order valence-electron chi connectivity index (χ0n) is 9.00. The molecule has 0 radical (unpaired) electrons. The van der Waals surface area contributed by atoms with Crippen LogP contribution in [-0.4, -0.2) is 14.5 Å². The highest BCUT2D eigenvalue weighted by Gasteiger charge is 2.23. The Hall–Kier alpha value is -1.68. The molecule has 0 bridgehead atoms. The Morgan fingerprint density at radius 1 is 1.50 bits per heavy atom. The summed E-state index contributed by atoms with van der Waals surface area (Å²) >= 11 is 0. The molecule has 3 heterocycles. The summed E-state index contributed by atoms with van der Waals surface area (Å²) in [4.78, 5) is 8.55. The fourth-order valence-corrected chi connectivity index (χ4v) is 2.29. The summed E-state index contributed by atoms with van der Waals surface area (Å²) < 4.78 is 2.16. The molecule has 0 spiro atoms. The number of fused-ring (bicyclic) bond motifs is 1. The van der Waals surface area contributed by atoms with E-state index in [4.69, 9.17) is 5.73 Å². The maximum Gasteiger partial charge on any atom is 0.0952 e. The predicted molar refractivity (Wildman–Crippen MR) is 60.8 cm³/mol. The normalized spacial score (nSPS) is 18.7. The summed E-state index contributed by atoms with van der Waals surface area (Å²) in [5.41, 5.74) is 9.55. The Balaban J connectivity index is 1.92. The highest BCUT2D eigenvalue weighted by molar-refractivity contribution is 5.26. The van der Waals surface area contributed by atoms with Gasteiger partial charge in [0.25, 0.3) is 0 Å². The van der Waals surface area contributed by atoms with Crippen LogP contribution in [-0.2, 0) is 13.0 Å². The van der Waals surface area contributed by atoms with Crippen molar-refractivity contribution in [2.24, 2.45) is 5.73 Å². The van der Waals surface area contributed by atoms with Crippen LogP contribution in [0.1, 0.15) is 29.4 Å². The van der Waals surface area contributed by atoms with Crippen LogP contribution in [0.3, 0.4) is 0 Å². The minimum absolute atomic E-state index is 0.147. The van der Waals surface area contributed by atoms with E-state index < -0.39 is 0 Å². The molecule has 0 aliphatic carbocycles. The monoisotopic (exact) mass is 214 g/mol.